The van der Waals surface area contributed by atoms with Crippen LogP contribution in [0.15, 0.2) is 48.5 Å². The predicted octanol–water partition coefficient (Wildman–Crippen LogP) is 3.00. The summed E-state index contributed by atoms with van der Waals surface area (Å²) in [5, 5.41) is 2.89. The molecule has 0 spiro atoms. The standard InChI is InChI=1S/C19H21FN2O/c20-18-8-6-16(7-9-18)19(23)21-11-3-12-22-13-10-15-4-1-2-5-17(15)14-22/h1-2,4-9H,3,10-14H2,(H,21,23). The first-order valence-electron chi connectivity index (χ1n) is 8.05. The minimum atomic E-state index is -0.327. The third-order valence-corrected chi connectivity index (χ3v) is 4.25. The van der Waals surface area contributed by atoms with E-state index in [2.05, 4.69) is 34.5 Å². The Balaban J connectivity index is 1.40. The molecule has 3 rings (SSSR count). The molecule has 1 amide bonds. The molecule has 1 aliphatic rings. The van der Waals surface area contributed by atoms with E-state index in [1.807, 2.05) is 0 Å². The first-order chi connectivity index (χ1) is 11.2. The van der Waals surface area contributed by atoms with Crippen molar-refractivity contribution in [1.29, 1.82) is 0 Å². The number of nitrogens with one attached hydrogen (secondary N) is 1. The van der Waals surface area contributed by atoms with Crippen molar-refractivity contribution in [2.24, 2.45) is 0 Å². The molecule has 0 radical (unpaired) electrons. The lowest BCUT2D eigenvalue weighted by Gasteiger charge is -2.28. The summed E-state index contributed by atoms with van der Waals surface area (Å²) in [5.74, 6) is -0.471. The van der Waals surface area contributed by atoms with E-state index < -0.39 is 0 Å². The molecule has 0 saturated heterocycles. The van der Waals surface area contributed by atoms with Crippen molar-refractivity contribution in [1.82, 2.24) is 10.2 Å². The molecule has 0 fully saturated rings. The molecular weight excluding hydrogens is 291 g/mol. The molecule has 0 aliphatic carbocycles. The molecule has 3 nitrogen and oxygen atoms in total. The molecule has 4 heteroatoms. The monoisotopic (exact) mass is 312 g/mol. The van der Waals surface area contributed by atoms with Crippen LogP contribution in [0.3, 0.4) is 0 Å². The normalized spacial score (nSPS) is 14.3. The third-order valence-electron chi connectivity index (χ3n) is 4.25. The number of amides is 1. The number of nitrogens with zero attached hydrogens (tertiary/aromatic N) is 1. The molecule has 120 valence electrons. The van der Waals surface area contributed by atoms with E-state index >= 15 is 0 Å². The average molecular weight is 312 g/mol. The van der Waals surface area contributed by atoms with Gasteiger partial charge in [-0.1, -0.05) is 24.3 Å². The van der Waals surface area contributed by atoms with Crippen molar-refractivity contribution in [3.05, 3.63) is 71.0 Å². The second-order valence-electron chi connectivity index (χ2n) is 5.91. The number of fused-ring (bicyclic) bond motifs is 1. The van der Waals surface area contributed by atoms with Crippen LogP contribution in [0.2, 0.25) is 0 Å². The molecule has 1 heterocycles. The van der Waals surface area contributed by atoms with Crippen LogP contribution in [-0.4, -0.2) is 30.4 Å². The molecule has 0 aromatic heterocycles. The minimum absolute atomic E-state index is 0.144. The Labute approximate surface area is 136 Å². The van der Waals surface area contributed by atoms with Gasteiger partial charge in [0.2, 0.25) is 0 Å². The van der Waals surface area contributed by atoms with Crippen molar-refractivity contribution in [3.63, 3.8) is 0 Å². The largest absolute Gasteiger partial charge is 0.352 e. The summed E-state index contributed by atoms with van der Waals surface area (Å²) in [5.41, 5.74) is 3.36. The highest BCUT2D eigenvalue weighted by Crippen LogP contribution is 2.18. The summed E-state index contributed by atoms with van der Waals surface area (Å²) in [6, 6.07) is 14.2. The lowest BCUT2D eigenvalue weighted by molar-refractivity contribution is 0.0951. The zero-order valence-electron chi connectivity index (χ0n) is 13.1. The van der Waals surface area contributed by atoms with E-state index in [4.69, 9.17) is 0 Å². The third kappa shape index (κ3) is 4.17. The van der Waals surface area contributed by atoms with Gasteiger partial charge in [-0.3, -0.25) is 9.69 Å². The van der Waals surface area contributed by atoms with Crippen LogP contribution in [0.4, 0.5) is 4.39 Å². The van der Waals surface area contributed by atoms with Gasteiger partial charge in [-0.25, -0.2) is 4.39 Å². The van der Waals surface area contributed by atoms with Crippen molar-refractivity contribution < 1.29 is 9.18 Å². The Hall–Kier alpha value is -2.20. The fourth-order valence-corrected chi connectivity index (χ4v) is 2.95. The van der Waals surface area contributed by atoms with Crippen LogP contribution in [-0.2, 0) is 13.0 Å². The smallest absolute Gasteiger partial charge is 0.251 e. The molecule has 1 aliphatic heterocycles. The van der Waals surface area contributed by atoms with Crippen molar-refractivity contribution in [2.45, 2.75) is 19.4 Å². The molecule has 2 aromatic rings. The van der Waals surface area contributed by atoms with Crippen molar-refractivity contribution in [3.8, 4) is 0 Å². The number of benzene rings is 2. The average Bonchev–Trinajstić information content (AvgIpc) is 2.59. The highest BCUT2D eigenvalue weighted by molar-refractivity contribution is 5.94. The van der Waals surface area contributed by atoms with Crippen molar-refractivity contribution in [2.75, 3.05) is 19.6 Å². The Morgan fingerprint density at radius 3 is 2.61 bits per heavy atom. The summed E-state index contributed by atoms with van der Waals surface area (Å²) in [7, 11) is 0. The number of rotatable bonds is 5. The van der Waals surface area contributed by atoms with Gasteiger partial charge in [-0.15, -0.1) is 0 Å². The summed E-state index contributed by atoms with van der Waals surface area (Å²) >= 11 is 0. The van der Waals surface area contributed by atoms with Crippen LogP contribution in [0.1, 0.15) is 27.9 Å². The summed E-state index contributed by atoms with van der Waals surface area (Å²) in [4.78, 5) is 14.3. The lowest BCUT2D eigenvalue weighted by atomic mass is 10.00. The quantitative estimate of drug-likeness (QED) is 0.861. The molecule has 0 bridgehead atoms. The Kier molecular flexibility index (Phi) is 5.03. The van der Waals surface area contributed by atoms with Crippen molar-refractivity contribution >= 4 is 5.91 Å². The van der Waals surface area contributed by atoms with E-state index in [9.17, 15) is 9.18 Å². The van der Waals surface area contributed by atoms with Gasteiger partial charge in [0.05, 0.1) is 0 Å². The van der Waals surface area contributed by atoms with E-state index in [0.29, 0.717) is 12.1 Å². The van der Waals surface area contributed by atoms with Gasteiger partial charge in [-0.05, 0) is 48.2 Å². The maximum Gasteiger partial charge on any atom is 0.251 e. The lowest BCUT2D eigenvalue weighted by Crippen LogP contribution is -2.33. The number of hydrogen-bond acceptors (Lipinski definition) is 2. The van der Waals surface area contributed by atoms with E-state index in [0.717, 1.165) is 32.5 Å². The molecule has 0 atom stereocenters. The predicted molar refractivity (Wildman–Crippen MR) is 88.8 cm³/mol. The fraction of sp³-hybridized carbons (Fsp3) is 0.316. The Bertz CT molecular complexity index is 669. The van der Waals surface area contributed by atoms with Gasteiger partial charge in [0, 0.05) is 31.7 Å². The van der Waals surface area contributed by atoms with Crippen LogP contribution < -0.4 is 5.32 Å². The number of hydrogen-bond donors (Lipinski definition) is 1. The van der Waals surface area contributed by atoms with Gasteiger partial charge in [-0.2, -0.15) is 0 Å². The number of halogens is 1. The van der Waals surface area contributed by atoms with E-state index in [1.54, 1.807) is 0 Å². The molecule has 1 N–H and O–H groups in total. The van der Waals surface area contributed by atoms with Gasteiger partial charge in [0.15, 0.2) is 0 Å². The Morgan fingerprint density at radius 1 is 1.09 bits per heavy atom. The maximum atomic E-state index is 12.8. The summed E-state index contributed by atoms with van der Waals surface area (Å²) in [6.45, 7) is 3.66. The number of carbonyl (C=O) groups excluding carboxylic acids is 1. The van der Waals surface area contributed by atoms with E-state index in [-0.39, 0.29) is 11.7 Å². The topological polar surface area (TPSA) is 32.3 Å². The molecular formula is C19H21FN2O. The molecule has 2 aromatic carbocycles. The van der Waals surface area contributed by atoms with Gasteiger partial charge in [0.25, 0.3) is 5.91 Å². The molecule has 0 saturated carbocycles. The zero-order chi connectivity index (χ0) is 16.1. The Morgan fingerprint density at radius 2 is 1.83 bits per heavy atom. The van der Waals surface area contributed by atoms with Gasteiger partial charge < -0.3 is 5.32 Å². The first-order valence-corrected chi connectivity index (χ1v) is 8.05. The number of carbonyl (C=O) groups is 1. The highest BCUT2D eigenvalue weighted by Gasteiger charge is 2.15. The first kappa shape index (κ1) is 15.7. The molecule has 0 unspecified atom stereocenters. The minimum Gasteiger partial charge on any atom is -0.352 e. The molecule has 23 heavy (non-hydrogen) atoms. The highest BCUT2D eigenvalue weighted by atomic mass is 19.1. The fourth-order valence-electron chi connectivity index (χ4n) is 2.95. The SMILES string of the molecule is O=C(NCCCN1CCc2ccccc2C1)c1ccc(F)cc1. The van der Waals surface area contributed by atoms with E-state index in [1.165, 1.54) is 35.4 Å². The van der Waals surface area contributed by atoms with Crippen LogP contribution in [0.5, 0.6) is 0 Å². The zero-order valence-corrected chi connectivity index (χ0v) is 13.1. The van der Waals surface area contributed by atoms with Crippen LogP contribution in [0.25, 0.3) is 0 Å². The summed E-state index contributed by atoms with van der Waals surface area (Å²) < 4.78 is 12.8. The maximum absolute atomic E-state index is 12.8. The second kappa shape index (κ2) is 7.38. The van der Waals surface area contributed by atoms with Gasteiger partial charge in [0.1, 0.15) is 5.82 Å². The van der Waals surface area contributed by atoms with Crippen LogP contribution in [0, 0.1) is 5.82 Å². The van der Waals surface area contributed by atoms with Gasteiger partial charge >= 0.3 is 0 Å². The summed E-state index contributed by atoms with van der Waals surface area (Å²) in [6.07, 6.45) is 2.01. The van der Waals surface area contributed by atoms with Crippen LogP contribution >= 0.6 is 0 Å². The second-order valence-corrected chi connectivity index (χ2v) is 5.91.